The van der Waals surface area contributed by atoms with Gasteiger partial charge in [-0.05, 0) is 24.3 Å². The summed E-state index contributed by atoms with van der Waals surface area (Å²) in [4.78, 5) is 0.718. The minimum absolute atomic E-state index is 0.229. The molecule has 3 rings (SSSR count). The Morgan fingerprint density at radius 3 is 2.55 bits per heavy atom. The van der Waals surface area contributed by atoms with Crippen molar-refractivity contribution in [2.45, 2.75) is 4.21 Å². The molecule has 0 atom stereocenters. The third kappa shape index (κ3) is 2.59. The van der Waals surface area contributed by atoms with Gasteiger partial charge in [0, 0.05) is 11.8 Å². The summed E-state index contributed by atoms with van der Waals surface area (Å²) in [6.07, 6.45) is 1.52. The first kappa shape index (κ1) is 12.9. The molecule has 0 radical (unpaired) electrons. The average Bonchev–Trinajstić information content (AvgIpc) is 3.11. The molecule has 1 N–H and O–H groups in total. The molecule has 0 fully saturated rings. The van der Waals surface area contributed by atoms with Crippen molar-refractivity contribution in [2.24, 2.45) is 0 Å². The molecular weight excluding hydrogens is 296 g/mol. The van der Waals surface area contributed by atoms with Gasteiger partial charge in [0.25, 0.3) is 10.0 Å². The van der Waals surface area contributed by atoms with Gasteiger partial charge in [-0.25, -0.2) is 8.42 Å². The van der Waals surface area contributed by atoms with E-state index < -0.39 is 10.0 Å². The predicted octanol–water partition coefficient (Wildman–Crippen LogP) is 3.20. The zero-order chi connectivity index (χ0) is 14.0. The van der Waals surface area contributed by atoms with Crippen molar-refractivity contribution in [3.05, 3.63) is 54.7 Å². The summed E-state index contributed by atoms with van der Waals surface area (Å²) in [7, 11) is -3.58. The summed E-state index contributed by atoms with van der Waals surface area (Å²) in [6, 6.07) is 13.7. The van der Waals surface area contributed by atoms with Gasteiger partial charge in [0.05, 0.1) is 11.1 Å². The number of rotatable bonds is 4. The maximum absolute atomic E-state index is 12.2. The Bertz CT molecular complexity index is 793. The third-order valence-electron chi connectivity index (χ3n) is 2.55. The average molecular weight is 306 g/mol. The number of aromatic nitrogens is 1. The van der Waals surface area contributed by atoms with Crippen LogP contribution in [0.15, 0.2) is 63.5 Å². The number of nitrogens with zero attached hydrogens (tertiary/aromatic N) is 1. The van der Waals surface area contributed by atoms with E-state index in [0.717, 1.165) is 16.2 Å². The van der Waals surface area contributed by atoms with Gasteiger partial charge in [0.15, 0.2) is 5.76 Å². The first-order valence-electron chi connectivity index (χ1n) is 5.74. The molecule has 0 unspecified atom stereocenters. The van der Waals surface area contributed by atoms with Crippen LogP contribution in [0.3, 0.4) is 0 Å². The first-order chi connectivity index (χ1) is 9.65. The molecule has 0 aliphatic heterocycles. The number of anilines is 1. The lowest BCUT2D eigenvalue weighted by molar-refractivity contribution is 0.433. The van der Waals surface area contributed by atoms with Gasteiger partial charge in [0.2, 0.25) is 0 Å². The molecule has 3 aromatic rings. The van der Waals surface area contributed by atoms with Crippen molar-refractivity contribution in [2.75, 3.05) is 4.72 Å². The van der Waals surface area contributed by atoms with E-state index in [-0.39, 0.29) is 4.21 Å². The smallest absolute Gasteiger partial charge is 0.271 e. The highest BCUT2D eigenvalue weighted by Gasteiger charge is 2.18. The highest BCUT2D eigenvalue weighted by molar-refractivity contribution is 7.94. The molecule has 0 amide bonds. The van der Waals surface area contributed by atoms with Gasteiger partial charge in [-0.2, -0.15) is 0 Å². The molecule has 20 heavy (non-hydrogen) atoms. The number of thiophene rings is 1. The van der Waals surface area contributed by atoms with E-state index in [9.17, 15) is 8.42 Å². The van der Waals surface area contributed by atoms with Gasteiger partial charge in [-0.1, -0.05) is 23.4 Å². The molecule has 0 aliphatic carbocycles. The molecule has 2 heterocycles. The molecule has 0 saturated carbocycles. The number of hydrogen-bond acceptors (Lipinski definition) is 5. The van der Waals surface area contributed by atoms with Gasteiger partial charge >= 0.3 is 0 Å². The van der Waals surface area contributed by atoms with E-state index in [1.807, 2.05) is 6.07 Å². The Morgan fingerprint density at radius 2 is 1.85 bits per heavy atom. The molecule has 102 valence electrons. The maximum atomic E-state index is 12.2. The second kappa shape index (κ2) is 5.10. The summed E-state index contributed by atoms with van der Waals surface area (Å²) >= 11 is 1.13. The second-order valence-corrected chi connectivity index (χ2v) is 6.96. The zero-order valence-corrected chi connectivity index (χ0v) is 11.8. The molecule has 2 aromatic heterocycles. The Labute approximate surface area is 119 Å². The Morgan fingerprint density at radius 1 is 1.05 bits per heavy atom. The van der Waals surface area contributed by atoms with Crippen molar-refractivity contribution < 1.29 is 12.9 Å². The summed E-state index contributed by atoms with van der Waals surface area (Å²) in [5.74, 6) is 0.552. The fourth-order valence-corrected chi connectivity index (χ4v) is 3.97. The van der Waals surface area contributed by atoms with Crippen LogP contribution < -0.4 is 4.72 Å². The van der Waals surface area contributed by atoms with E-state index in [4.69, 9.17) is 4.52 Å². The Balaban J connectivity index is 1.89. The van der Waals surface area contributed by atoms with E-state index in [1.165, 1.54) is 6.20 Å². The van der Waals surface area contributed by atoms with E-state index in [0.29, 0.717) is 11.4 Å². The molecule has 0 aliphatic rings. The predicted molar refractivity (Wildman–Crippen MR) is 77.1 cm³/mol. The zero-order valence-electron chi connectivity index (χ0n) is 10.2. The quantitative estimate of drug-likeness (QED) is 0.803. The highest BCUT2D eigenvalue weighted by Crippen LogP contribution is 2.31. The number of benzene rings is 1. The van der Waals surface area contributed by atoms with Crippen LogP contribution in [0.1, 0.15) is 0 Å². The summed E-state index contributed by atoms with van der Waals surface area (Å²) < 4.78 is 32.2. The van der Waals surface area contributed by atoms with Crippen LogP contribution >= 0.6 is 11.3 Å². The van der Waals surface area contributed by atoms with Crippen molar-refractivity contribution in [1.29, 1.82) is 0 Å². The van der Waals surface area contributed by atoms with Crippen molar-refractivity contribution in [3.63, 3.8) is 0 Å². The van der Waals surface area contributed by atoms with Gasteiger partial charge < -0.3 is 4.52 Å². The standard InChI is InChI=1S/C13H10N2O3S2/c16-20(17,15-10-4-2-1-3-5-10)13-7-6-12(19-13)11-8-9-14-18-11/h1-9,15H. The number of para-hydroxylation sites is 1. The monoisotopic (exact) mass is 306 g/mol. The van der Waals surface area contributed by atoms with E-state index >= 15 is 0 Å². The van der Waals surface area contributed by atoms with Crippen LogP contribution in [-0.2, 0) is 10.0 Å². The summed E-state index contributed by atoms with van der Waals surface area (Å²) in [6.45, 7) is 0. The van der Waals surface area contributed by atoms with Crippen LogP contribution in [0.25, 0.3) is 10.6 Å². The van der Waals surface area contributed by atoms with Crippen LogP contribution in [0.4, 0.5) is 5.69 Å². The van der Waals surface area contributed by atoms with E-state index in [1.54, 1.807) is 42.5 Å². The largest absolute Gasteiger partial charge is 0.355 e. The molecule has 0 saturated heterocycles. The van der Waals surface area contributed by atoms with Crippen molar-refractivity contribution >= 4 is 27.0 Å². The van der Waals surface area contributed by atoms with Gasteiger partial charge in [-0.15, -0.1) is 11.3 Å². The van der Waals surface area contributed by atoms with Crippen molar-refractivity contribution in [3.8, 4) is 10.6 Å². The highest BCUT2D eigenvalue weighted by atomic mass is 32.2. The maximum Gasteiger partial charge on any atom is 0.271 e. The minimum atomic E-state index is -3.58. The lowest BCUT2D eigenvalue weighted by Crippen LogP contribution is -2.11. The van der Waals surface area contributed by atoms with Crippen LogP contribution in [0.2, 0.25) is 0 Å². The first-order valence-corrected chi connectivity index (χ1v) is 8.04. The van der Waals surface area contributed by atoms with Gasteiger partial charge in [0.1, 0.15) is 4.21 Å². The molecule has 0 bridgehead atoms. The van der Waals surface area contributed by atoms with Gasteiger partial charge in [-0.3, -0.25) is 4.72 Å². The lowest BCUT2D eigenvalue weighted by Gasteiger charge is -2.05. The molecule has 0 spiro atoms. The molecule has 1 aromatic carbocycles. The fraction of sp³-hybridized carbons (Fsp3) is 0. The van der Waals surface area contributed by atoms with E-state index in [2.05, 4.69) is 9.88 Å². The SMILES string of the molecule is O=S(=O)(Nc1ccccc1)c1ccc(-c2ccno2)s1. The normalized spacial score (nSPS) is 11.4. The van der Waals surface area contributed by atoms with Crippen molar-refractivity contribution in [1.82, 2.24) is 5.16 Å². The molecule has 5 nitrogen and oxygen atoms in total. The summed E-state index contributed by atoms with van der Waals surface area (Å²) in [5.41, 5.74) is 0.530. The number of hydrogen-bond donors (Lipinski definition) is 1. The fourth-order valence-electron chi connectivity index (χ4n) is 1.65. The second-order valence-electron chi connectivity index (χ2n) is 3.97. The molecular formula is C13H10N2O3S2. The lowest BCUT2D eigenvalue weighted by atomic mass is 10.3. The Kier molecular flexibility index (Phi) is 3.29. The topological polar surface area (TPSA) is 72.2 Å². The minimum Gasteiger partial charge on any atom is -0.355 e. The van der Waals surface area contributed by atoms with Crippen LogP contribution in [0, 0.1) is 0 Å². The number of nitrogens with one attached hydrogen (secondary N) is 1. The van der Waals surface area contributed by atoms with Crippen LogP contribution in [0.5, 0.6) is 0 Å². The Hall–Kier alpha value is -2.12. The molecule has 7 heteroatoms. The summed E-state index contributed by atoms with van der Waals surface area (Å²) in [5, 5.41) is 3.60. The third-order valence-corrected chi connectivity index (χ3v) is 5.53. The van der Waals surface area contributed by atoms with Crippen LogP contribution in [-0.4, -0.2) is 13.6 Å². The number of sulfonamides is 1.